The van der Waals surface area contributed by atoms with Gasteiger partial charge in [0.1, 0.15) is 0 Å². The van der Waals surface area contributed by atoms with E-state index < -0.39 is 0 Å². The van der Waals surface area contributed by atoms with Crippen LogP contribution >= 0.6 is 11.3 Å². The molecule has 134 valence electrons. The summed E-state index contributed by atoms with van der Waals surface area (Å²) in [6, 6.07) is 14.7. The first-order valence-corrected chi connectivity index (χ1v) is 9.95. The van der Waals surface area contributed by atoms with E-state index in [2.05, 4.69) is 34.7 Å². The molecule has 1 unspecified atom stereocenters. The third kappa shape index (κ3) is 3.07. The lowest BCUT2D eigenvalue weighted by atomic mass is 10.1. The first-order valence-electron chi connectivity index (χ1n) is 9.07. The van der Waals surface area contributed by atoms with Crippen molar-refractivity contribution >= 4 is 17.2 Å². The van der Waals surface area contributed by atoms with E-state index in [4.69, 9.17) is 0 Å². The molecule has 1 atom stereocenters. The number of benzene rings is 1. The molecule has 1 fully saturated rings. The topological polar surface area (TPSA) is 38.1 Å². The molecule has 1 amide bonds. The molecule has 0 radical (unpaired) electrons. The molecule has 5 heteroatoms. The van der Waals surface area contributed by atoms with Crippen molar-refractivity contribution in [1.29, 1.82) is 0 Å². The molecule has 0 bridgehead atoms. The lowest BCUT2D eigenvalue weighted by Crippen LogP contribution is -2.31. The molecule has 26 heavy (non-hydrogen) atoms. The highest BCUT2D eigenvalue weighted by Gasteiger charge is 2.33. The summed E-state index contributed by atoms with van der Waals surface area (Å²) in [6.45, 7) is 5.46. The number of carbonyl (C=O) groups excluding carboxylic acids is 1. The van der Waals surface area contributed by atoms with Gasteiger partial charge in [-0.2, -0.15) is 5.10 Å². The van der Waals surface area contributed by atoms with Gasteiger partial charge in [0.05, 0.1) is 23.8 Å². The maximum atomic E-state index is 13.3. The number of aromatic nitrogens is 2. The Morgan fingerprint density at radius 1 is 1.19 bits per heavy atom. The number of likely N-dealkylation sites (tertiary alicyclic amines) is 1. The minimum Gasteiger partial charge on any atom is -0.331 e. The number of hydrogen-bond acceptors (Lipinski definition) is 3. The molecule has 1 aliphatic rings. The normalized spacial score (nSPS) is 17.0. The number of amides is 1. The molecule has 0 spiro atoms. The van der Waals surface area contributed by atoms with E-state index in [1.165, 1.54) is 10.4 Å². The Morgan fingerprint density at radius 3 is 2.73 bits per heavy atom. The van der Waals surface area contributed by atoms with Gasteiger partial charge in [0, 0.05) is 17.1 Å². The number of hydrogen-bond donors (Lipinski definition) is 0. The molecule has 1 aromatic carbocycles. The van der Waals surface area contributed by atoms with Gasteiger partial charge < -0.3 is 4.90 Å². The van der Waals surface area contributed by atoms with Gasteiger partial charge in [0.25, 0.3) is 5.91 Å². The van der Waals surface area contributed by atoms with Gasteiger partial charge in [-0.3, -0.25) is 9.48 Å². The first-order chi connectivity index (χ1) is 12.6. The zero-order chi connectivity index (χ0) is 18.1. The second-order valence-electron chi connectivity index (χ2n) is 6.86. The predicted octanol–water partition coefficient (Wildman–Crippen LogP) is 4.59. The van der Waals surface area contributed by atoms with Crippen LogP contribution in [0.5, 0.6) is 0 Å². The van der Waals surface area contributed by atoms with Crippen LogP contribution in [-0.4, -0.2) is 27.1 Å². The quantitative estimate of drug-likeness (QED) is 0.678. The Balaban J connectivity index is 1.62. The summed E-state index contributed by atoms with van der Waals surface area (Å²) in [5, 5.41) is 6.75. The maximum Gasteiger partial charge on any atom is 0.258 e. The average molecular weight is 366 g/mol. The number of carbonyl (C=O) groups is 1. The molecule has 2 aromatic heterocycles. The molecule has 3 heterocycles. The number of nitrogens with zero attached hydrogens (tertiary/aromatic N) is 3. The highest BCUT2D eigenvalue weighted by molar-refractivity contribution is 7.10. The Bertz CT molecular complexity index is 899. The summed E-state index contributed by atoms with van der Waals surface area (Å²) >= 11 is 1.74. The van der Waals surface area contributed by atoms with E-state index in [-0.39, 0.29) is 11.9 Å². The van der Waals surface area contributed by atoms with Gasteiger partial charge in [-0.1, -0.05) is 36.4 Å². The van der Waals surface area contributed by atoms with Gasteiger partial charge in [0.2, 0.25) is 0 Å². The molecule has 1 saturated heterocycles. The standard InChI is InChI=1S/C21H23N3OS/c1-15-20(16(2)24(22-15)14-17-8-4-3-5-9-17)21(25)23-12-6-10-18(23)19-11-7-13-26-19/h3-5,7-9,11,13,18H,6,10,12,14H2,1-2H3. The summed E-state index contributed by atoms with van der Waals surface area (Å²) in [4.78, 5) is 16.7. The molecule has 0 N–H and O–H groups in total. The van der Waals surface area contributed by atoms with Crippen LogP contribution in [0.3, 0.4) is 0 Å². The first kappa shape index (κ1) is 17.0. The highest BCUT2D eigenvalue weighted by atomic mass is 32.1. The van der Waals surface area contributed by atoms with E-state index in [9.17, 15) is 4.79 Å². The van der Waals surface area contributed by atoms with Crippen LogP contribution in [0.4, 0.5) is 0 Å². The van der Waals surface area contributed by atoms with Gasteiger partial charge in [-0.25, -0.2) is 0 Å². The van der Waals surface area contributed by atoms with Gasteiger partial charge in [-0.05, 0) is 43.7 Å². The molecule has 0 saturated carbocycles. The van der Waals surface area contributed by atoms with Crippen LogP contribution in [0.1, 0.15) is 51.1 Å². The zero-order valence-corrected chi connectivity index (χ0v) is 16.0. The van der Waals surface area contributed by atoms with Crippen LogP contribution in [-0.2, 0) is 6.54 Å². The van der Waals surface area contributed by atoms with Gasteiger partial charge in [-0.15, -0.1) is 11.3 Å². The Morgan fingerprint density at radius 2 is 2.00 bits per heavy atom. The van der Waals surface area contributed by atoms with Crippen LogP contribution in [0.15, 0.2) is 47.8 Å². The predicted molar refractivity (Wildman–Crippen MR) is 105 cm³/mol. The average Bonchev–Trinajstić information content (AvgIpc) is 3.37. The summed E-state index contributed by atoms with van der Waals surface area (Å²) < 4.78 is 1.95. The lowest BCUT2D eigenvalue weighted by molar-refractivity contribution is 0.0736. The van der Waals surface area contributed by atoms with E-state index in [0.717, 1.165) is 36.3 Å². The fourth-order valence-electron chi connectivity index (χ4n) is 3.85. The van der Waals surface area contributed by atoms with Crippen molar-refractivity contribution in [3.63, 3.8) is 0 Å². The molecule has 4 nitrogen and oxygen atoms in total. The Kier molecular flexibility index (Phi) is 4.64. The number of rotatable bonds is 4. The van der Waals surface area contributed by atoms with Crippen molar-refractivity contribution in [3.8, 4) is 0 Å². The van der Waals surface area contributed by atoms with E-state index >= 15 is 0 Å². The summed E-state index contributed by atoms with van der Waals surface area (Å²) in [7, 11) is 0. The van der Waals surface area contributed by atoms with Gasteiger partial charge in [0.15, 0.2) is 0 Å². The second kappa shape index (κ2) is 7.08. The fraction of sp³-hybridized carbons (Fsp3) is 0.333. The summed E-state index contributed by atoms with van der Waals surface area (Å²) in [5.41, 5.74) is 3.73. The third-order valence-electron chi connectivity index (χ3n) is 5.16. The third-order valence-corrected chi connectivity index (χ3v) is 6.13. The van der Waals surface area contributed by atoms with Crippen LogP contribution in [0.25, 0.3) is 0 Å². The zero-order valence-electron chi connectivity index (χ0n) is 15.2. The molecular formula is C21H23N3OS. The van der Waals surface area contributed by atoms with Crippen molar-refractivity contribution in [2.24, 2.45) is 0 Å². The van der Waals surface area contributed by atoms with Crippen LogP contribution in [0.2, 0.25) is 0 Å². The molecular weight excluding hydrogens is 342 g/mol. The molecule has 1 aliphatic heterocycles. The lowest BCUT2D eigenvalue weighted by Gasteiger charge is -2.24. The molecule has 0 aliphatic carbocycles. The minimum atomic E-state index is 0.121. The monoisotopic (exact) mass is 365 g/mol. The van der Waals surface area contributed by atoms with Crippen LogP contribution < -0.4 is 0 Å². The molecule has 4 rings (SSSR count). The minimum absolute atomic E-state index is 0.121. The molecule has 3 aromatic rings. The Labute approximate surface area is 158 Å². The number of aryl methyl sites for hydroxylation is 1. The van der Waals surface area contributed by atoms with Crippen molar-refractivity contribution < 1.29 is 4.79 Å². The number of thiophene rings is 1. The van der Waals surface area contributed by atoms with E-state index in [1.807, 2.05) is 41.6 Å². The summed E-state index contributed by atoms with van der Waals surface area (Å²) in [5.74, 6) is 0.121. The second-order valence-corrected chi connectivity index (χ2v) is 7.84. The Hall–Kier alpha value is -2.40. The SMILES string of the molecule is Cc1nn(Cc2ccccc2)c(C)c1C(=O)N1CCCC1c1cccs1. The largest absolute Gasteiger partial charge is 0.331 e. The smallest absolute Gasteiger partial charge is 0.258 e. The van der Waals surface area contributed by atoms with Crippen molar-refractivity contribution in [1.82, 2.24) is 14.7 Å². The van der Waals surface area contributed by atoms with Gasteiger partial charge >= 0.3 is 0 Å². The van der Waals surface area contributed by atoms with E-state index in [0.29, 0.717) is 6.54 Å². The maximum absolute atomic E-state index is 13.3. The van der Waals surface area contributed by atoms with Crippen LogP contribution in [0, 0.1) is 13.8 Å². The van der Waals surface area contributed by atoms with Crippen molar-refractivity contribution in [2.45, 2.75) is 39.3 Å². The van der Waals surface area contributed by atoms with Crippen molar-refractivity contribution in [2.75, 3.05) is 6.54 Å². The summed E-state index contributed by atoms with van der Waals surface area (Å²) in [6.07, 6.45) is 2.10. The van der Waals surface area contributed by atoms with E-state index in [1.54, 1.807) is 11.3 Å². The fourth-order valence-corrected chi connectivity index (χ4v) is 4.72. The highest BCUT2D eigenvalue weighted by Crippen LogP contribution is 2.36. The van der Waals surface area contributed by atoms with Crippen molar-refractivity contribution in [3.05, 3.63) is 75.2 Å².